The molecule has 126 valence electrons. The Morgan fingerprint density at radius 2 is 2.00 bits per heavy atom. The van der Waals surface area contributed by atoms with Gasteiger partial charge in [-0.05, 0) is 23.8 Å². The fraction of sp³-hybridized carbons (Fsp3) is 0.389. The Morgan fingerprint density at radius 1 is 1.29 bits per heavy atom. The third kappa shape index (κ3) is 3.18. The van der Waals surface area contributed by atoms with E-state index in [4.69, 9.17) is 9.84 Å². The molecule has 6 heteroatoms. The molecule has 0 aromatic heterocycles. The highest BCUT2D eigenvalue weighted by Crippen LogP contribution is 2.39. The van der Waals surface area contributed by atoms with Gasteiger partial charge in [0.25, 0.3) is 0 Å². The van der Waals surface area contributed by atoms with Gasteiger partial charge in [-0.15, -0.1) is 0 Å². The summed E-state index contributed by atoms with van der Waals surface area (Å²) < 4.78 is 6.17. The molecule has 0 unspecified atom stereocenters. The van der Waals surface area contributed by atoms with Gasteiger partial charge in [0.1, 0.15) is 11.4 Å². The maximum Gasteiger partial charge on any atom is 0.328 e. The van der Waals surface area contributed by atoms with Gasteiger partial charge < -0.3 is 14.7 Å². The first kappa shape index (κ1) is 16.2. The number of hydrogen-bond donors (Lipinski definition) is 1. The highest BCUT2D eigenvalue weighted by Gasteiger charge is 2.43. The Kier molecular flexibility index (Phi) is 4.13. The van der Waals surface area contributed by atoms with E-state index in [1.807, 2.05) is 0 Å². The second kappa shape index (κ2) is 6.11. The van der Waals surface area contributed by atoms with Crippen molar-refractivity contribution < 1.29 is 24.2 Å². The first-order valence-corrected chi connectivity index (χ1v) is 7.91. The van der Waals surface area contributed by atoms with Gasteiger partial charge in [-0.25, -0.2) is 4.79 Å². The Morgan fingerprint density at radius 3 is 2.62 bits per heavy atom. The van der Waals surface area contributed by atoms with Gasteiger partial charge in [0.15, 0.2) is 5.78 Å². The number of carbonyl (C=O) groups is 3. The van der Waals surface area contributed by atoms with Gasteiger partial charge in [-0.1, -0.05) is 6.07 Å². The van der Waals surface area contributed by atoms with Crippen LogP contribution in [-0.4, -0.2) is 46.4 Å². The van der Waals surface area contributed by atoms with Gasteiger partial charge >= 0.3 is 5.97 Å². The van der Waals surface area contributed by atoms with Crippen LogP contribution in [0.5, 0.6) is 5.75 Å². The van der Waals surface area contributed by atoms with Crippen molar-refractivity contribution in [2.24, 2.45) is 0 Å². The number of benzene rings is 1. The Bertz CT molecular complexity index is 729. The summed E-state index contributed by atoms with van der Waals surface area (Å²) in [5.41, 5.74) is 0.634. The fourth-order valence-corrected chi connectivity index (χ4v) is 3.29. The Balaban J connectivity index is 1.83. The number of Topliss-reactive ketones (excluding diaryl/α,β-unsaturated/α-hetero) is 1. The molecule has 0 radical (unpaired) electrons. The maximum absolute atomic E-state index is 12.5. The summed E-state index contributed by atoms with van der Waals surface area (Å²) >= 11 is 0. The lowest BCUT2D eigenvalue weighted by Gasteiger charge is -2.43. The second-order valence-electron chi connectivity index (χ2n) is 6.32. The number of hydrogen-bond acceptors (Lipinski definition) is 4. The predicted molar refractivity (Wildman–Crippen MR) is 86.9 cm³/mol. The molecule has 2 aliphatic rings. The van der Waals surface area contributed by atoms with Crippen LogP contribution in [0.2, 0.25) is 0 Å². The van der Waals surface area contributed by atoms with Crippen molar-refractivity contribution in [3.05, 3.63) is 35.4 Å². The second-order valence-corrected chi connectivity index (χ2v) is 6.32. The number of fused-ring (bicyclic) bond motifs is 1. The molecule has 1 saturated heterocycles. The van der Waals surface area contributed by atoms with E-state index in [2.05, 4.69) is 0 Å². The van der Waals surface area contributed by atoms with E-state index in [-0.39, 0.29) is 11.7 Å². The molecule has 2 aliphatic heterocycles. The molecule has 24 heavy (non-hydrogen) atoms. The molecule has 0 saturated carbocycles. The van der Waals surface area contributed by atoms with Crippen LogP contribution in [0.1, 0.15) is 42.1 Å². The number of likely N-dealkylation sites (tertiary alicyclic amines) is 1. The average molecular weight is 329 g/mol. The van der Waals surface area contributed by atoms with Gasteiger partial charge in [0.2, 0.25) is 5.91 Å². The summed E-state index contributed by atoms with van der Waals surface area (Å²) in [6.07, 6.45) is 4.07. The third-order valence-corrected chi connectivity index (χ3v) is 4.65. The molecule has 2 heterocycles. The minimum Gasteiger partial charge on any atom is -0.486 e. The number of amides is 1. The zero-order chi connectivity index (χ0) is 17.3. The number of aliphatic carboxylic acids is 1. The van der Waals surface area contributed by atoms with Crippen molar-refractivity contribution >= 4 is 23.7 Å². The molecule has 6 nitrogen and oxygen atoms in total. The van der Waals surface area contributed by atoms with Crippen molar-refractivity contribution in [1.82, 2.24) is 4.90 Å². The van der Waals surface area contributed by atoms with Crippen molar-refractivity contribution in [1.29, 1.82) is 0 Å². The topological polar surface area (TPSA) is 83.9 Å². The first-order valence-electron chi connectivity index (χ1n) is 7.91. The van der Waals surface area contributed by atoms with E-state index in [0.29, 0.717) is 49.2 Å². The lowest BCUT2D eigenvalue weighted by molar-refractivity contribution is -0.133. The van der Waals surface area contributed by atoms with Crippen LogP contribution in [0.4, 0.5) is 0 Å². The minimum atomic E-state index is -1.03. The number of ether oxygens (including phenoxy) is 1. The average Bonchev–Trinajstić information content (AvgIpc) is 2.53. The van der Waals surface area contributed by atoms with E-state index < -0.39 is 11.6 Å². The molecule has 1 aromatic rings. The van der Waals surface area contributed by atoms with Gasteiger partial charge in [0, 0.05) is 38.9 Å². The van der Waals surface area contributed by atoms with Crippen molar-refractivity contribution in [3.8, 4) is 5.75 Å². The van der Waals surface area contributed by atoms with E-state index in [0.717, 1.165) is 6.08 Å². The van der Waals surface area contributed by atoms with Crippen LogP contribution in [-0.2, 0) is 9.59 Å². The fourth-order valence-electron chi connectivity index (χ4n) is 3.29. The lowest BCUT2D eigenvalue weighted by atomic mass is 9.82. The van der Waals surface area contributed by atoms with E-state index in [1.54, 1.807) is 30.0 Å². The van der Waals surface area contributed by atoms with E-state index >= 15 is 0 Å². The molecular weight excluding hydrogens is 310 g/mol. The number of ketones is 1. The smallest absolute Gasteiger partial charge is 0.328 e. The Hall–Kier alpha value is -2.63. The van der Waals surface area contributed by atoms with Crippen LogP contribution in [0.25, 0.3) is 6.08 Å². The number of piperidine rings is 1. The number of carboxylic acid groups (broad SMARTS) is 1. The summed E-state index contributed by atoms with van der Waals surface area (Å²) in [5.74, 6) is -0.470. The molecule has 3 rings (SSSR count). The molecule has 0 bridgehead atoms. The highest BCUT2D eigenvalue weighted by molar-refractivity contribution is 6.00. The quantitative estimate of drug-likeness (QED) is 0.840. The largest absolute Gasteiger partial charge is 0.486 e. The maximum atomic E-state index is 12.5. The molecule has 0 aliphatic carbocycles. The number of nitrogens with zero attached hydrogens (tertiary/aromatic N) is 1. The monoisotopic (exact) mass is 329 g/mol. The SMILES string of the molecule is CC(=O)N1CCC2(CC1)CC(=O)c1ccc(C=CC(=O)O)cc1O2. The zero-order valence-electron chi connectivity index (χ0n) is 13.4. The van der Waals surface area contributed by atoms with Crippen LogP contribution < -0.4 is 4.74 Å². The van der Waals surface area contributed by atoms with Crippen LogP contribution >= 0.6 is 0 Å². The lowest BCUT2D eigenvalue weighted by Crippen LogP contribution is -2.51. The molecule has 1 N–H and O–H groups in total. The molecule has 1 spiro atoms. The van der Waals surface area contributed by atoms with Gasteiger partial charge in [-0.3, -0.25) is 9.59 Å². The van der Waals surface area contributed by atoms with Crippen LogP contribution in [0.3, 0.4) is 0 Å². The zero-order valence-corrected chi connectivity index (χ0v) is 13.4. The minimum absolute atomic E-state index is 0.0290. The summed E-state index contributed by atoms with van der Waals surface area (Å²) in [4.78, 5) is 36.3. The van der Waals surface area contributed by atoms with Crippen molar-refractivity contribution in [3.63, 3.8) is 0 Å². The standard InChI is InChI=1S/C18H19NO5/c1-12(20)19-8-6-18(7-9-19)11-15(21)14-4-2-13(3-5-17(22)23)10-16(14)24-18/h2-5,10H,6-9,11H2,1H3,(H,22,23). The van der Waals surface area contributed by atoms with E-state index in [9.17, 15) is 14.4 Å². The molecule has 1 aromatic carbocycles. The van der Waals surface area contributed by atoms with Gasteiger partial charge in [-0.2, -0.15) is 0 Å². The predicted octanol–water partition coefficient (Wildman–Crippen LogP) is 2.13. The third-order valence-electron chi connectivity index (χ3n) is 4.65. The van der Waals surface area contributed by atoms with Crippen molar-refractivity contribution in [2.75, 3.05) is 13.1 Å². The van der Waals surface area contributed by atoms with Crippen LogP contribution in [0.15, 0.2) is 24.3 Å². The first-order chi connectivity index (χ1) is 11.4. The summed E-state index contributed by atoms with van der Waals surface area (Å²) in [7, 11) is 0. The molecule has 1 fully saturated rings. The Labute approximate surface area is 139 Å². The van der Waals surface area contributed by atoms with Gasteiger partial charge in [0.05, 0.1) is 12.0 Å². The molecular formula is C18H19NO5. The highest BCUT2D eigenvalue weighted by atomic mass is 16.5. The normalized spacial score (nSPS) is 19.2. The molecule has 0 atom stereocenters. The summed E-state index contributed by atoms with van der Waals surface area (Å²) in [5, 5.41) is 8.72. The van der Waals surface area contributed by atoms with Crippen molar-refractivity contribution in [2.45, 2.75) is 31.8 Å². The summed E-state index contributed by atoms with van der Waals surface area (Å²) in [6.45, 7) is 2.70. The van der Waals surface area contributed by atoms with E-state index in [1.165, 1.54) is 6.08 Å². The van der Waals surface area contributed by atoms with Crippen LogP contribution in [0, 0.1) is 0 Å². The number of rotatable bonds is 2. The number of carbonyl (C=O) groups excluding carboxylic acids is 2. The number of carboxylic acids is 1. The molecule has 1 amide bonds. The summed E-state index contributed by atoms with van der Waals surface area (Å²) in [6, 6.07) is 5.08.